The predicted octanol–water partition coefficient (Wildman–Crippen LogP) is 4.26. The Hall–Kier alpha value is -1.90. The van der Waals surface area contributed by atoms with Gasteiger partial charge in [-0.1, -0.05) is 12.1 Å². The molecule has 0 radical (unpaired) electrons. The maximum atomic E-state index is 14.4. The van der Waals surface area contributed by atoms with Crippen LogP contribution in [0.25, 0.3) is 0 Å². The van der Waals surface area contributed by atoms with Crippen molar-refractivity contribution in [3.8, 4) is 0 Å². The number of benzene rings is 2. The van der Waals surface area contributed by atoms with Gasteiger partial charge in [0.1, 0.15) is 11.5 Å². The molecule has 0 spiro atoms. The van der Waals surface area contributed by atoms with E-state index in [9.17, 15) is 13.2 Å². The minimum absolute atomic E-state index is 0.238. The molecule has 2 aliphatic rings. The molecule has 0 aromatic heterocycles. The number of rotatable bonds is 4. The molecule has 1 fully saturated rings. The van der Waals surface area contributed by atoms with Crippen LogP contribution in [0.2, 0.25) is 0 Å². The topological polar surface area (TPSA) is 13.0 Å². The molecule has 0 atom stereocenters. The molecule has 4 nitrogen and oxygen atoms in total. The Morgan fingerprint density at radius 3 is 2.36 bits per heavy atom. The van der Waals surface area contributed by atoms with Crippen molar-refractivity contribution in [1.82, 2.24) is 9.80 Å². The monoisotopic (exact) mass is 408 g/mol. The smallest absolute Gasteiger partial charge is 0.153 e. The van der Waals surface area contributed by atoms with Crippen LogP contribution in [-0.4, -0.2) is 56.1 Å². The largest absolute Gasteiger partial charge is 0.305 e. The first kappa shape index (κ1) is 19.4. The standard InChI is InChI=1S/C20H23F3N4S/c1-24-7-4-8-25(10-9-24)11-12-26-18-5-2-3-6-19(18)27(28-26)20-16(22)13-15(21)14-17(20)23/h2-3,5-6,13-14H,4,7-12H2,1H3. The number of hydrogen-bond donors (Lipinski definition) is 0. The Morgan fingerprint density at radius 2 is 1.61 bits per heavy atom. The Kier molecular flexibility index (Phi) is 5.70. The zero-order valence-corrected chi connectivity index (χ0v) is 16.6. The van der Waals surface area contributed by atoms with Crippen molar-refractivity contribution in [2.45, 2.75) is 6.42 Å². The molecule has 0 N–H and O–H groups in total. The van der Waals surface area contributed by atoms with E-state index in [1.54, 1.807) is 0 Å². The van der Waals surface area contributed by atoms with E-state index in [1.807, 2.05) is 28.6 Å². The summed E-state index contributed by atoms with van der Waals surface area (Å²) in [6.07, 6.45) is 1.14. The number of halogens is 3. The average molecular weight is 408 g/mol. The molecule has 2 aliphatic heterocycles. The summed E-state index contributed by atoms with van der Waals surface area (Å²) in [4.78, 5) is 4.76. The first-order chi connectivity index (χ1) is 13.5. The van der Waals surface area contributed by atoms with Gasteiger partial charge in [0, 0.05) is 38.3 Å². The zero-order chi connectivity index (χ0) is 19.7. The van der Waals surface area contributed by atoms with Gasteiger partial charge in [-0.3, -0.25) is 8.61 Å². The van der Waals surface area contributed by atoms with Crippen LogP contribution >= 0.6 is 12.1 Å². The fourth-order valence-electron chi connectivity index (χ4n) is 3.64. The van der Waals surface area contributed by atoms with E-state index in [1.165, 1.54) is 16.4 Å². The molecule has 4 rings (SSSR count). The molecule has 0 bridgehead atoms. The lowest BCUT2D eigenvalue weighted by atomic mass is 10.2. The molecule has 0 saturated carbocycles. The summed E-state index contributed by atoms with van der Waals surface area (Å²) < 4.78 is 45.6. The molecule has 150 valence electrons. The lowest BCUT2D eigenvalue weighted by Gasteiger charge is -2.25. The summed E-state index contributed by atoms with van der Waals surface area (Å²) in [6, 6.07) is 8.95. The van der Waals surface area contributed by atoms with Gasteiger partial charge in [0.05, 0.1) is 23.5 Å². The summed E-state index contributed by atoms with van der Waals surface area (Å²) in [6.45, 7) is 5.82. The van der Waals surface area contributed by atoms with E-state index in [2.05, 4.69) is 16.8 Å². The van der Waals surface area contributed by atoms with Crippen molar-refractivity contribution in [3.05, 3.63) is 53.8 Å². The van der Waals surface area contributed by atoms with Gasteiger partial charge >= 0.3 is 0 Å². The zero-order valence-electron chi connectivity index (χ0n) is 15.7. The molecule has 0 amide bonds. The Balaban J connectivity index is 1.53. The molecule has 0 aliphatic carbocycles. The summed E-state index contributed by atoms with van der Waals surface area (Å²) in [5.41, 5.74) is 1.37. The van der Waals surface area contributed by atoms with Crippen LogP contribution in [0, 0.1) is 17.5 Å². The minimum Gasteiger partial charge on any atom is -0.305 e. The first-order valence-corrected chi connectivity index (χ1v) is 10.2. The molecule has 2 aromatic carbocycles. The fourth-order valence-corrected chi connectivity index (χ4v) is 4.74. The van der Waals surface area contributed by atoms with Crippen LogP contribution in [0.15, 0.2) is 36.4 Å². The van der Waals surface area contributed by atoms with Gasteiger partial charge in [-0.2, -0.15) is 0 Å². The second-order valence-corrected chi connectivity index (χ2v) is 8.15. The number of fused-ring (bicyclic) bond motifs is 1. The van der Waals surface area contributed by atoms with Crippen LogP contribution in [0.3, 0.4) is 0 Å². The number of para-hydroxylation sites is 2. The molecule has 28 heavy (non-hydrogen) atoms. The van der Waals surface area contributed by atoms with Gasteiger partial charge in [-0.25, -0.2) is 13.2 Å². The maximum absolute atomic E-state index is 14.4. The third kappa shape index (κ3) is 3.94. The van der Waals surface area contributed by atoms with Crippen molar-refractivity contribution in [3.63, 3.8) is 0 Å². The maximum Gasteiger partial charge on any atom is 0.153 e. The highest BCUT2D eigenvalue weighted by Gasteiger charge is 2.32. The summed E-state index contributed by atoms with van der Waals surface area (Å²) in [7, 11) is 2.14. The van der Waals surface area contributed by atoms with Crippen molar-refractivity contribution in [1.29, 1.82) is 0 Å². The minimum atomic E-state index is -0.917. The lowest BCUT2D eigenvalue weighted by molar-refractivity contribution is 0.284. The second kappa shape index (κ2) is 8.23. The van der Waals surface area contributed by atoms with Crippen LogP contribution in [0.5, 0.6) is 0 Å². The highest BCUT2D eigenvalue weighted by molar-refractivity contribution is 8.02. The van der Waals surface area contributed by atoms with Crippen LogP contribution in [-0.2, 0) is 0 Å². The van der Waals surface area contributed by atoms with Crippen LogP contribution in [0.4, 0.5) is 30.2 Å². The van der Waals surface area contributed by atoms with E-state index in [0.717, 1.165) is 63.5 Å². The van der Waals surface area contributed by atoms with E-state index in [4.69, 9.17) is 0 Å². The molecule has 1 saturated heterocycles. The number of hydrogen-bond acceptors (Lipinski definition) is 5. The van der Waals surface area contributed by atoms with E-state index in [-0.39, 0.29) is 5.69 Å². The van der Waals surface area contributed by atoms with E-state index >= 15 is 0 Å². The van der Waals surface area contributed by atoms with Gasteiger partial charge in [0.2, 0.25) is 0 Å². The summed E-state index contributed by atoms with van der Waals surface area (Å²) in [5, 5.41) is 0. The van der Waals surface area contributed by atoms with E-state index in [0.29, 0.717) is 5.69 Å². The number of nitrogens with zero attached hydrogens (tertiary/aromatic N) is 4. The molecule has 0 unspecified atom stereocenters. The number of likely N-dealkylation sites (N-methyl/N-ethyl adjacent to an activating group) is 1. The lowest BCUT2D eigenvalue weighted by Crippen LogP contribution is -2.34. The van der Waals surface area contributed by atoms with Crippen molar-refractivity contribution in [2.75, 3.05) is 54.9 Å². The molecule has 8 heteroatoms. The molecular weight excluding hydrogens is 385 g/mol. The summed E-state index contributed by atoms with van der Waals surface area (Å²) in [5.74, 6) is -2.73. The third-order valence-corrected chi connectivity index (χ3v) is 6.28. The van der Waals surface area contributed by atoms with Crippen molar-refractivity contribution in [2.24, 2.45) is 0 Å². The molecule has 2 heterocycles. The van der Waals surface area contributed by atoms with Crippen molar-refractivity contribution >= 4 is 29.2 Å². The van der Waals surface area contributed by atoms with Crippen LogP contribution in [0.1, 0.15) is 6.42 Å². The highest BCUT2D eigenvalue weighted by atomic mass is 32.2. The predicted molar refractivity (Wildman–Crippen MR) is 108 cm³/mol. The van der Waals surface area contributed by atoms with Gasteiger partial charge in [-0.15, -0.1) is 0 Å². The third-order valence-electron chi connectivity index (χ3n) is 5.17. The van der Waals surface area contributed by atoms with Gasteiger partial charge in [-0.05, 0) is 38.7 Å². The molecular formula is C20H23F3N4S. The Morgan fingerprint density at radius 1 is 0.893 bits per heavy atom. The van der Waals surface area contributed by atoms with E-state index < -0.39 is 17.5 Å². The normalized spacial score (nSPS) is 18.4. The van der Waals surface area contributed by atoms with Gasteiger partial charge in [0.25, 0.3) is 0 Å². The van der Waals surface area contributed by atoms with Gasteiger partial charge in [0.15, 0.2) is 11.6 Å². The van der Waals surface area contributed by atoms with Crippen molar-refractivity contribution < 1.29 is 13.2 Å². The quantitative estimate of drug-likeness (QED) is 0.699. The summed E-state index contributed by atoms with van der Waals surface area (Å²) >= 11 is 1.25. The Labute approximate surface area is 167 Å². The van der Waals surface area contributed by atoms with Crippen LogP contribution < -0.4 is 8.61 Å². The highest BCUT2D eigenvalue weighted by Crippen LogP contribution is 2.50. The first-order valence-electron chi connectivity index (χ1n) is 9.43. The number of anilines is 3. The second-order valence-electron chi connectivity index (χ2n) is 7.18. The fraction of sp³-hybridized carbons (Fsp3) is 0.400. The average Bonchev–Trinajstić information content (AvgIpc) is 2.87. The molecule has 2 aromatic rings. The van der Waals surface area contributed by atoms with Gasteiger partial charge < -0.3 is 9.80 Å². The Bertz CT molecular complexity index is 827. The SMILES string of the molecule is CN1CCCN(CCN2SN(c3c(F)cc(F)cc3F)c3ccccc32)CC1.